The average Bonchev–Trinajstić information content (AvgIpc) is 3.15. The Morgan fingerprint density at radius 3 is 2.75 bits per heavy atom. The molecular formula is C16H20FN3O3S. The molecule has 1 aliphatic carbocycles. The van der Waals surface area contributed by atoms with Crippen LogP contribution < -0.4 is 4.72 Å². The van der Waals surface area contributed by atoms with Crippen molar-refractivity contribution in [2.24, 2.45) is 0 Å². The van der Waals surface area contributed by atoms with Crippen molar-refractivity contribution in [3.63, 3.8) is 0 Å². The minimum absolute atomic E-state index is 0.0557. The van der Waals surface area contributed by atoms with E-state index in [1.807, 2.05) is 0 Å². The van der Waals surface area contributed by atoms with Gasteiger partial charge in [0.05, 0.1) is 16.6 Å². The zero-order valence-electron chi connectivity index (χ0n) is 13.2. The van der Waals surface area contributed by atoms with Crippen LogP contribution in [-0.4, -0.2) is 49.7 Å². The first kappa shape index (κ1) is 17.3. The number of rotatable bonds is 4. The Morgan fingerprint density at radius 1 is 1.33 bits per heavy atom. The summed E-state index contributed by atoms with van der Waals surface area (Å²) in [6, 6.07) is 4.78. The molecule has 2 aliphatic rings. The van der Waals surface area contributed by atoms with Gasteiger partial charge in [0.1, 0.15) is 11.9 Å². The highest BCUT2D eigenvalue weighted by atomic mass is 32.2. The first-order valence-corrected chi connectivity index (χ1v) is 9.53. The zero-order chi connectivity index (χ0) is 17.3. The molecule has 1 saturated carbocycles. The number of likely N-dealkylation sites (tertiary alicyclic amines) is 1. The van der Waals surface area contributed by atoms with Crippen molar-refractivity contribution < 1.29 is 17.9 Å². The molecule has 6 nitrogen and oxygen atoms in total. The average molecular weight is 353 g/mol. The zero-order valence-corrected chi connectivity index (χ0v) is 14.0. The maximum atomic E-state index is 13.7. The second-order valence-electron chi connectivity index (χ2n) is 6.42. The molecule has 0 bridgehead atoms. The molecule has 1 aromatic carbocycles. The van der Waals surface area contributed by atoms with Gasteiger partial charge in [0.15, 0.2) is 0 Å². The van der Waals surface area contributed by atoms with E-state index in [-0.39, 0.29) is 28.6 Å². The maximum absolute atomic E-state index is 13.7. The number of nitrogens with zero attached hydrogens (tertiary/aromatic N) is 2. The number of hydrogen-bond acceptors (Lipinski definition) is 5. The molecule has 1 aliphatic heterocycles. The van der Waals surface area contributed by atoms with Gasteiger partial charge in [-0.05, 0) is 37.5 Å². The summed E-state index contributed by atoms with van der Waals surface area (Å²) in [6.07, 6.45) is 2.86. The number of nitriles is 1. The SMILES string of the molecule is N#Cc1ccc(S(=O)(=O)N[C@@H]2CCC[C@@H]2N2CCC(O)C2)cc1F. The van der Waals surface area contributed by atoms with E-state index in [2.05, 4.69) is 9.62 Å². The monoisotopic (exact) mass is 353 g/mol. The van der Waals surface area contributed by atoms with Gasteiger partial charge in [-0.25, -0.2) is 17.5 Å². The Morgan fingerprint density at radius 2 is 2.12 bits per heavy atom. The highest BCUT2D eigenvalue weighted by Crippen LogP contribution is 2.28. The molecule has 0 spiro atoms. The second kappa shape index (κ2) is 6.76. The molecule has 2 N–H and O–H groups in total. The largest absolute Gasteiger partial charge is 0.392 e. The van der Waals surface area contributed by atoms with E-state index in [0.717, 1.165) is 31.9 Å². The molecule has 130 valence electrons. The lowest BCUT2D eigenvalue weighted by Gasteiger charge is -2.29. The van der Waals surface area contributed by atoms with Crippen molar-refractivity contribution >= 4 is 10.0 Å². The highest BCUT2D eigenvalue weighted by molar-refractivity contribution is 7.89. The van der Waals surface area contributed by atoms with Crippen LogP contribution in [0.4, 0.5) is 4.39 Å². The maximum Gasteiger partial charge on any atom is 0.240 e. The third kappa shape index (κ3) is 3.44. The number of hydrogen-bond donors (Lipinski definition) is 2. The molecular weight excluding hydrogens is 333 g/mol. The number of benzene rings is 1. The smallest absolute Gasteiger partial charge is 0.240 e. The highest BCUT2D eigenvalue weighted by Gasteiger charge is 2.37. The number of β-amino-alcohol motifs (C(OH)–C–C–N with tert-alkyl or cyclic N) is 1. The van der Waals surface area contributed by atoms with Crippen LogP contribution >= 0.6 is 0 Å². The summed E-state index contributed by atoms with van der Waals surface area (Å²) in [5.74, 6) is -0.842. The lowest BCUT2D eigenvalue weighted by Crippen LogP contribution is -2.48. The fourth-order valence-electron chi connectivity index (χ4n) is 3.61. The molecule has 1 heterocycles. The van der Waals surface area contributed by atoms with Crippen molar-refractivity contribution in [1.82, 2.24) is 9.62 Å². The molecule has 0 aromatic heterocycles. The predicted molar refractivity (Wildman–Crippen MR) is 85.1 cm³/mol. The summed E-state index contributed by atoms with van der Waals surface area (Å²) in [6.45, 7) is 1.32. The van der Waals surface area contributed by atoms with Crippen LogP contribution in [0.1, 0.15) is 31.2 Å². The first-order valence-electron chi connectivity index (χ1n) is 8.05. The number of aliphatic hydroxyl groups excluding tert-OH is 1. The van der Waals surface area contributed by atoms with Crippen LogP contribution in [0.2, 0.25) is 0 Å². The van der Waals surface area contributed by atoms with Gasteiger partial charge in [-0.3, -0.25) is 4.90 Å². The predicted octanol–water partition coefficient (Wildman–Crippen LogP) is 0.963. The summed E-state index contributed by atoms with van der Waals surface area (Å²) in [4.78, 5) is 1.95. The molecule has 1 saturated heterocycles. The molecule has 0 amide bonds. The molecule has 3 rings (SSSR count). The van der Waals surface area contributed by atoms with Crippen molar-refractivity contribution in [3.8, 4) is 6.07 Å². The second-order valence-corrected chi connectivity index (χ2v) is 8.13. The first-order chi connectivity index (χ1) is 11.4. The summed E-state index contributed by atoms with van der Waals surface area (Å²) < 4.78 is 41.5. The summed E-state index contributed by atoms with van der Waals surface area (Å²) in [5, 5.41) is 18.4. The minimum Gasteiger partial charge on any atom is -0.392 e. The van der Waals surface area contributed by atoms with E-state index < -0.39 is 15.8 Å². The van der Waals surface area contributed by atoms with Crippen molar-refractivity contribution in [2.75, 3.05) is 13.1 Å². The van der Waals surface area contributed by atoms with Crippen LogP contribution in [0.5, 0.6) is 0 Å². The number of nitrogens with one attached hydrogen (secondary N) is 1. The van der Waals surface area contributed by atoms with E-state index >= 15 is 0 Å². The van der Waals surface area contributed by atoms with Crippen LogP contribution in [0.15, 0.2) is 23.1 Å². The van der Waals surface area contributed by atoms with Gasteiger partial charge in [0.25, 0.3) is 0 Å². The number of aliphatic hydroxyl groups is 1. The molecule has 24 heavy (non-hydrogen) atoms. The van der Waals surface area contributed by atoms with Gasteiger partial charge in [-0.1, -0.05) is 6.42 Å². The quantitative estimate of drug-likeness (QED) is 0.841. The van der Waals surface area contributed by atoms with Gasteiger partial charge >= 0.3 is 0 Å². The van der Waals surface area contributed by atoms with Gasteiger partial charge in [0, 0.05) is 25.2 Å². The van der Waals surface area contributed by atoms with Crippen LogP contribution in [0, 0.1) is 17.1 Å². The molecule has 1 unspecified atom stereocenters. The molecule has 2 fully saturated rings. The Hall–Kier alpha value is -1.53. The summed E-state index contributed by atoms with van der Waals surface area (Å²) in [7, 11) is -3.86. The molecule has 1 aromatic rings. The Balaban J connectivity index is 1.76. The van der Waals surface area contributed by atoms with E-state index in [1.165, 1.54) is 12.1 Å². The Kier molecular flexibility index (Phi) is 4.88. The van der Waals surface area contributed by atoms with E-state index in [1.54, 1.807) is 6.07 Å². The lowest BCUT2D eigenvalue weighted by molar-refractivity contribution is 0.153. The van der Waals surface area contributed by atoms with Gasteiger partial charge in [0.2, 0.25) is 10.0 Å². The molecule has 0 radical (unpaired) electrons. The van der Waals surface area contributed by atoms with Gasteiger partial charge in [-0.2, -0.15) is 5.26 Å². The van der Waals surface area contributed by atoms with E-state index in [4.69, 9.17) is 5.26 Å². The number of halogens is 1. The Labute approximate surface area is 140 Å². The normalized spacial score (nSPS) is 28.1. The van der Waals surface area contributed by atoms with Crippen molar-refractivity contribution in [3.05, 3.63) is 29.6 Å². The van der Waals surface area contributed by atoms with Gasteiger partial charge < -0.3 is 5.11 Å². The third-order valence-electron chi connectivity index (χ3n) is 4.82. The minimum atomic E-state index is -3.86. The number of sulfonamides is 1. The third-order valence-corrected chi connectivity index (χ3v) is 6.31. The van der Waals surface area contributed by atoms with Crippen LogP contribution in [0.3, 0.4) is 0 Å². The standard InChI is InChI=1S/C16H20FN3O3S/c17-14-8-13(5-4-11(14)9-18)24(22,23)19-15-2-1-3-16(15)20-7-6-12(21)10-20/h4-5,8,12,15-16,19,21H,1-3,6-7,10H2/t12?,15-,16+/m1/s1. The van der Waals surface area contributed by atoms with Crippen LogP contribution in [0.25, 0.3) is 0 Å². The van der Waals surface area contributed by atoms with Crippen molar-refractivity contribution in [2.45, 2.75) is 48.8 Å². The lowest BCUT2D eigenvalue weighted by atomic mass is 10.1. The summed E-state index contributed by atoms with van der Waals surface area (Å²) >= 11 is 0. The van der Waals surface area contributed by atoms with E-state index in [9.17, 15) is 17.9 Å². The van der Waals surface area contributed by atoms with Gasteiger partial charge in [-0.15, -0.1) is 0 Å². The fourth-order valence-corrected chi connectivity index (χ4v) is 4.92. The van der Waals surface area contributed by atoms with Crippen molar-refractivity contribution in [1.29, 1.82) is 5.26 Å². The molecule has 8 heteroatoms. The fraction of sp³-hybridized carbons (Fsp3) is 0.562. The topological polar surface area (TPSA) is 93.4 Å². The summed E-state index contributed by atoms with van der Waals surface area (Å²) in [5.41, 5.74) is -0.182. The van der Waals surface area contributed by atoms with E-state index in [0.29, 0.717) is 13.0 Å². The Bertz CT molecular complexity index is 762. The van der Waals surface area contributed by atoms with Crippen LogP contribution in [-0.2, 0) is 10.0 Å². The molecule has 3 atom stereocenters.